The summed E-state index contributed by atoms with van der Waals surface area (Å²) in [4.78, 5) is 33.6. The van der Waals surface area contributed by atoms with E-state index in [1.807, 2.05) is 11.8 Å². The van der Waals surface area contributed by atoms with E-state index in [0.717, 1.165) is 25.6 Å². The molecule has 114 valence electrons. The fraction of sp³-hybridized carbons (Fsp3) is 0.583. The summed E-state index contributed by atoms with van der Waals surface area (Å²) in [5, 5.41) is 10.7. The van der Waals surface area contributed by atoms with Gasteiger partial charge in [-0.3, -0.25) is 14.9 Å². The molecule has 9 heteroatoms. The topological polar surface area (TPSA) is 118 Å². The fourth-order valence-electron chi connectivity index (χ4n) is 2.27. The summed E-state index contributed by atoms with van der Waals surface area (Å²) < 4.78 is 0. The van der Waals surface area contributed by atoms with Crippen molar-refractivity contribution in [2.75, 3.05) is 36.8 Å². The minimum atomic E-state index is -0.629. The lowest BCUT2D eigenvalue weighted by Crippen LogP contribution is -2.37. The van der Waals surface area contributed by atoms with E-state index in [1.54, 1.807) is 4.90 Å². The largest absolute Gasteiger partial charge is 0.378 e. The number of hydrogen-bond donors (Lipinski definition) is 1. The van der Waals surface area contributed by atoms with Crippen molar-refractivity contribution in [2.45, 2.75) is 19.8 Å². The molecule has 0 aromatic carbocycles. The summed E-state index contributed by atoms with van der Waals surface area (Å²) in [5.41, 5.74) is 5.24. The Morgan fingerprint density at radius 1 is 1.48 bits per heavy atom. The number of rotatable bonds is 4. The lowest BCUT2D eigenvalue weighted by Gasteiger charge is -2.21. The molecule has 1 amide bonds. The molecular weight excluding hydrogens is 276 g/mol. The second-order valence-corrected chi connectivity index (χ2v) is 4.85. The number of hydrogen-bond acceptors (Lipinski definition) is 7. The number of nitrogen functional groups attached to an aromatic ring is 1. The van der Waals surface area contributed by atoms with Gasteiger partial charge in [0.2, 0.25) is 17.7 Å². The Hall–Kier alpha value is -2.45. The highest BCUT2D eigenvalue weighted by molar-refractivity contribution is 5.81. The molecule has 2 rings (SSSR count). The first-order valence-corrected chi connectivity index (χ1v) is 6.82. The molecule has 2 heterocycles. The average molecular weight is 294 g/mol. The lowest BCUT2D eigenvalue weighted by atomic mass is 10.3. The third-order valence-electron chi connectivity index (χ3n) is 3.29. The van der Waals surface area contributed by atoms with E-state index in [9.17, 15) is 14.9 Å². The molecule has 1 saturated heterocycles. The average Bonchev–Trinajstić information content (AvgIpc) is 2.61. The van der Waals surface area contributed by atoms with E-state index in [-0.39, 0.29) is 29.9 Å². The van der Waals surface area contributed by atoms with Crippen molar-refractivity contribution in [1.29, 1.82) is 0 Å². The van der Waals surface area contributed by atoms with Crippen LogP contribution in [0.25, 0.3) is 0 Å². The van der Waals surface area contributed by atoms with Gasteiger partial charge in [0.25, 0.3) is 0 Å². The van der Waals surface area contributed by atoms with E-state index in [4.69, 9.17) is 5.73 Å². The highest BCUT2D eigenvalue weighted by Gasteiger charge is 2.24. The zero-order chi connectivity index (χ0) is 15.4. The quantitative estimate of drug-likeness (QED) is 0.631. The Labute approximate surface area is 121 Å². The second-order valence-electron chi connectivity index (χ2n) is 4.85. The van der Waals surface area contributed by atoms with Gasteiger partial charge >= 0.3 is 5.69 Å². The number of nitrogens with two attached hydrogens (primary N) is 1. The van der Waals surface area contributed by atoms with Crippen LogP contribution in [0.2, 0.25) is 0 Å². The Balaban J connectivity index is 2.17. The van der Waals surface area contributed by atoms with Crippen molar-refractivity contribution in [3.05, 3.63) is 16.3 Å². The van der Waals surface area contributed by atoms with Crippen molar-refractivity contribution in [3.63, 3.8) is 0 Å². The van der Waals surface area contributed by atoms with Gasteiger partial charge in [-0.05, 0) is 12.8 Å². The van der Waals surface area contributed by atoms with Gasteiger partial charge in [0.1, 0.15) is 6.20 Å². The maximum Gasteiger partial charge on any atom is 0.329 e. The minimum Gasteiger partial charge on any atom is -0.378 e. The number of carbonyl (C=O) groups is 1. The molecule has 1 fully saturated rings. The summed E-state index contributed by atoms with van der Waals surface area (Å²) in [6.45, 7) is 4.23. The highest BCUT2D eigenvalue weighted by atomic mass is 16.6. The van der Waals surface area contributed by atoms with Gasteiger partial charge in [0, 0.05) is 19.6 Å². The van der Waals surface area contributed by atoms with Crippen LogP contribution < -0.4 is 10.6 Å². The molecule has 1 aromatic rings. The summed E-state index contributed by atoms with van der Waals surface area (Å²) in [5.74, 6) is 0.0757. The van der Waals surface area contributed by atoms with Crippen molar-refractivity contribution < 1.29 is 9.72 Å². The number of carbonyl (C=O) groups excluding carboxylic acids is 1. The van der Waals surface area contributed by atoms with Crippen LogP contribution in [0.5, 0.6) is 0 Å². The van der Waals surface area contributed by atoms with Crippen molar-refractivity contribution in [3.8, 4) is 0 Å². The van der Waals surface area contributed by atoms with Crippen LogP contribution in [0.4, 0.5) is 17.5 Å². The van der Waals surface area contributed by atoms with E-state index < -0.39 is 4.92 Å². The van der Waals surface area contributed by atoms with Gasteiger partial charge in [-0.2, -0.15) is 4.98 Å². The standard InChI is InChI=1S/C12H18N6O3/c1-2-4-16-5-3-6-17(8-10(16)19)12-14-7-9(18(20)21)11(13)15-12/h7H,2-6,8H2,1H3,(H2,13,14,15). The van der Waals surface area contributed by atoms with Gasteiger partial charge in [-0.1, -0.05) is 6.92 Å². The van der Waals surface area contributed by atoms with Gasteiger partial charge in [0.05, 0.1) is 11.5 Å². The Morgan fingerprint density at radius 2 is 2.24 bits per heavy atom. The van der Waals surface area contributed by atoms with Crippen LogP contribution in [0.3, 0.4) is 0 Å². The molecule has 0 radical (unpaired) electrons. The molecule has 0 aliphatic carbocycles. The molecule has 0 unspecified atom stereocenters. The number of aromatic nitrogens is 2. The number of nitro groups is 1. The van der Waals surface area contributed by atoms with Crippen molar-refractivity contribution in [1.82, 2.24) is 14.9 Å². The van der Waals surface area contributed by atoms with Crippen LogP contribution in [0, 0.1) is 10.1 Å². The zero-order valence-electron chi connectivity index (χ0n) is 11.9. The first-order valence-electron chi connectivity index (χ1n) is 6.82. The molecule has 1 aliphatic rings. The van der Waals surface area contributed by atoms with E-state index in [1.165, 1.54) is 0 Å². The number of nitrogens with zero attached hydrogens (tertiary/aromatic N) is 5. The Bertz CT molecular complexity index is 550. The summed E-state index contributed by atoms with van der Waals surface area (Å²) >= 11 is 0. The third kappa shape index (κ3) is 3.36. The van der Waals surface area contributed by atoms with Crippen LogP contribution in [0.1, 0.15) is 19.8 Å². The van der Waals surface area contributed by atoms with E-state index >= 15 is 0 Å². The lowest BCUT2D eigenvalue weighted by molar-refractivity contribution is -0.384. The smallest absolute Gasteiger partial charge is 0.329 e. The van der Waals surface area contributed by atoms with Gasteiger partial charge in [-0.15, -0.1) is 0 Å². The van der Waals surface area contributed by atoms with E-state index in [0.29, 0.717) is 13.1 Å². The predicted molar refractivity (Wildman–Crippen MR) is 76.8 cm³/mol. The fourth-order valence-corrected chi connectivity index (χ4v) is 2.27. The predicted octanol–water partition coefficient (Wildman–Crippen LogP) is 0.416. The van der Waals surface area contributed by atoms with Crippen LogP contribution >= 0.6 is 0 Å². The van der Waals surface area contributed by atoms with Crippen LogP contribution in [0.15, 0.2) is 6.20 Å². The molecule has 0 spiro atoms. The van der Waals surface area contributed by atoms with Crippen LogP contribution in [-0.2, 0) is 4.79 Å². The summed E-state index contributed by atoms with van der Waals surface area (Å²) in [6, 6.07) is 0. The SMILES string of the molecule is CCCN1CCCN(c2ncc([N+](=O)[O-])c(N)n2)CC1=O. The maximum atomic E-state index is 12.1. The summed E-state index contributed by atoms with van der Waals surface area (Å²) in [7, 11) is 0. The molecule has 0 bridgehead atoms. The first kappa shape index (κ1) is 14.9. The molecular formula is C12H18N6O3. The molecule has 1 aromatic heterocycles. The molecule has 1 aliphatic heterocycles. The molecule has 0 saturated carbocycles. The van der Waals surface area contributed by atoms with E-state index in [2.05, 4.69) is 9.97 Å². The zero-order valence-corrected chi connectivity index (χ0v) is 11.9. The molecule has 9 nitrogen and oxygen atoms in total. The van der Waals surface area contributed by atoms with Crippen molar-refractivity contribution in [2.24, 2.45) is 0 Å². The monoisotopic (exact) mass is 294 g/mol. The minimum absolute atomic E-state index is 0.00914. The van der Waals surface area contributed by atoms with Gasteiger partial charge in [-0.25, -0.2) is 4.98 Å². The highest BCUT2D eigenvalue weighted by Crippen LogP contribution is 2.21. The normalized spacial score (nSPS) is 16.0. The molecule has 21 heavy (non-hydrogen) atoms. The van der Waals surface area contributed by atoms with Crippen LogP contribution in [-0.4, -0.2) is 51.9 Å². The number of amides is 1. The second kappa shape index (κ2) is 6.33. The van der Waals surface area contributed by atoms with Gasteiger partial charge < -0.3 is 15.5 Å². The molecule has 0 atom stereocenters. The van der Waals surface area contributed by atoms with Crippen molar-refractivity contribution >= 4 is 23.4 Å². The molecule has 2 N–H and O–H groups in total. The number of anilines is 2. The Kier molecular flexibility index (Phi) is 4.51. The third-order valence-corrected chi connectivity index (χ3v) is 3.29. The Morgan fingerprint density at radius 3 is 2.86 bits per heavy atom. The first-order chi connectivity index (χ1) is 10.0. The maximum absolute atomic E-state index is 12.1. The summed E-state index contributed by atoms with van der Waals surface area (Å²) in [6.07, 6.45) is 2.79. The van der Waals surface area contributed by atoms with Gasteiger partial charge in [0.15, 0.2) is 0 Å².